The number of nitrogens with one attached hydrogen (secondary N) is 2. The third-order valence-electron chi connectivity index (χ3n) is 5.30. The van der Waals surface area contributed by atoms with E-state index in [0.717, 1.165) is 31.7 Å². The third-order valence-corrected chi connectivity index (χ3v) is 5.30. The number of rotatable bonds is 6. The first-order chi connectivity index (χ1) is 15.2. The molecule has 0 saturated carbocycles. The van der Waals surface area contributed by atoms with E-state index in [1.54, 1.807) is 18.2 Å². The van der Waals surface area contributed by atoms with Gasteiger partial charge < -0.3 is 14.4 Å². The lowest BCUT2D eigenvalue weighted by atomic mass is 10.2. The van der Waals surface area contributed by atoms with Crippen molar-refractivity contribution in [2.45, 2.75) is 6.42 Å². The van der Waals surface area contributed by atoms with Gasteiger partial charge >= 0.3 is 0 Å². The van der Waals surface area contributed by atoms with Crippen LogP contribution in [0.5, 0.6) is 11.5 Å². The van der Waals surface area contributed by atoms with Crippen molar-refractivity contribution in [3.05, 3.63) is 60.2 Å². The predicted octanol–water partition coefficient (Wildman–Crippen LogP) is 1.79. The average molecular weight is 422 g/mol. The van der Waals surface area contributed by atoms with E-state index in [1.165, 1.54) is 11.8 Å². The maximum absolute atomic E-state index is 12.1. The summed E-state index contributed by atoms with van der Waals surface area (Å²) in [5, 5.41) is 0. The van der Waals surface area contributed by atoms with Crippen LogP contribution in [0.1, 0.15) is 12.0 Å². The summed E-state index contributed by atoms with van der Waals surface area (Å²) >= 11 is 0. The molecule has 8 heteroatoms. The van der Waals surface area contributed by atoms with E-state index in [-0.39, 0.29) is 12.7 Å². The molecule has 0 bridgehead atoms. The zero-order valence-electron chi connectivity index (χ0n) is 17.3. The summed E-state index contributed by atoms with van der Waals surface area (Å²) in [7, 11) is 0. The zero-order valence-corrected chi connectivity index (χ0v) is 17.3. The van der Waals surface area contributed by atoms with E-state index >= 15 is 0 Å². The van der Waals surface area contributed by atoms with Crippen LogP contribution in [-0.4, -0.2) is 56.2 Å². The van der Waals surface area contributed by atoms with E-state index < -0.39 is 5.91 Å². The largest absolute Gasteiger partial charge is 0.454 e. The molecule has 2 amide bonds. The SMILES string of the molecule is O=C(/C=C/c1ccc2c(c1)OCO2)NNC(=O)CCN1CCN(c2ccccc2)CC1. The van der Waals surface area contributed by atoms with Crippen LogP contribution in [0.2, 0.25) is 0 Å². The molecule has 4 rings (SSSR count). The highest BCUT2D eigenvalue weighted by molar-refractivity contribution is 5.93. The number of ether oxygens (including phenoxy) is 2. The van der Waals surface area contributed by atoms with Crippen molar-refractivity contribution in [1.29, 1.82) is 0 Å². The normalized spacial score (nSPS) is 15.8. The van der Waals surface area contributed by atoms with E-state index in [9.17, 15) is 9.59 Å². The Morgan fingerprint density at radius 2 is 1.71 bits per heavy atom. The maximum Gasteiger partial charge on any atom is 0.262 e. The molecular formula is C23H26N4O4. The average Bonchev–Trinajstić information content (AvgIpc) is 3.29. The summed E-state index contributed by atoms with van der Waals surface area (Å²) in [4.78, 5) is 28.6. The molecule has 2 aromatic carbocycles. The molecule has 31 heavy (non-hydrogen) atoms. The van der Waals surface area contributed by atoms with Crippen molar-refractivity contribution >= 4 is 23.6 Å². The van der Waals surface area contributed by atoms with Crippen LogP contribution in [0, 0.1) is 0 Å². The van der Waals surface area contributed by atoms with E-state index in [0.29, 0.717) is 24.5 Å². The minimum Gasteiger partial charge on any atom is -0.454 e. The lowest BCUT2D eigenvalue weighted by Gasteiger charge is -2.36. The number of hydrogen-bond acceptors (Lipinski definition) is 6. The van der Waals surface area contributed by atoms with Crippen LogP contribution in [-0.2, 0) is 9.59 Å². The first-order valence-electron chi connectivity index (χ1n) is 10.4. The number of carbonyl (C=O) groups excluding carboxylic acids is 2. The number of para-hydroxylation sites is 1. The number of hydrogen-bond donors (Lipinski definition) is 2. The highest BCUT2D eigenvalue weighted by atomic mass is 16.7. The summed E-state index contributed by atoms with van der Waals surface area (Å²) in [5.41, 5.74) is 6.92. The summed E-state index contributed by atoms with van der Waals surface area (Å²) in [6.45, 7) is 4.56. The minimum atomic E-state index is -0.400. The van der Waals surface area contributed by atoms with Crippen molar-refractivity contribution in [3.63, 3.8) is 0 Å². The molecule has 1 saturated heterocycles. The van der Waals surface area contributed by atoms with Gasteiger partial charge in [-0.1, -0.05) is 24.3 Å². The number of carbonyl (C=O) groups is 2. The van der Waals surface area contributed by atoms with Gasteiger partial charge in [-0.15, -0.1) is 0 Å². The number of anilines is 1. The van der Waals surface area contributed by atoms with Gasteiger partial charge in [0.25, 0.3) is 5.91 Å². The van der Waals surface area contributed by atoms with Gasteiger partial charge in [0.2, 0.25) is 12.7 Å². The zero-order chi connectivity index (χ0) is 21.5. The number of benzene rings is 2. The number of amides is 2. The molecule has 2 aliphatic heterocycles. The molecule has 2 aliphatic rings. The molecular weight excluding hydrogens is 396 g/mol. The number of hydrazine groups is 1. The molecule has 2 heterocycles. The first-order valence-corrected chi connectivity index (χ1v) is 10.4. The second kappa shape index (κ2) is 9.99. The van der Waals surface area contributed by atoms with Crippen LogP contribution in [0.3, 0.4) is 0 Å². The van der Waals surface area contributed by atoms with Crippen molar-refractivity contribution in [2.75, 3.05) is 44.4 Å². The van der Waals surface area contributed by atoms with Gasteiger partial charge in [-0.05, 0) is 35.9 Å². The number of nitrogens with zero attached hydrogens (tertiary/aromatic N) is 2. The standard InChI is InChI=1S/C23H26N4O4/c28-22(9-7-18-6-8-20-21(16-18)31-17-30-20)24-25-23(29)10-11-26-12-14-27(15-13-26)19-4-2-1-3-5-19/h1-9,16H,10-15,17H2,(H,24,28)(H,25,29)/b9-7+. The van der Waals surface area contributed by atoms with Crippen molar-refractivity contribution in [2.24, 2.45) is 0 Å². The van der Waals surface area contributed by atoms with Crippen molar-refractivity contribution < 1.29 is 19.1 Å². The van der Waals surface area contributed by atoms with Crippen molar-refractivity contribution in [1.82, 2.24) is 15.8 Å². The Bertz CT molecular complexity index is 940. The van der Waals surface area contributed by atoms with Crippen LogP contribution in [0.4, 0.5) is 5.69 Å². The highest BCUT2D eigenvalue weighted by Gasteiger charge is 2.17. The first kappa shape index (κ1) is 20.7. The van der Waals surface area contributed by atoms with E-state index in [2.05, 4.69) is 32.8 Å². The van der Waals surface area contributed by atoms with Gasteiger partial charge in [-0.2, -0.15) is 0 Å². The smallest absolute Gasteiger partial charge is 0.262 e. The molecule has 0 radical (unpaired) electrons. The molecule has 1 fully saturated rings. The molecule has 162 valence electrons. The monoisotopic (exact) mass is 422 g/mol. The van der Waals surface area contributed by atoms with Gasteiger partial charge in [0.15, 0.2) is 11.5 Å². The molecule has 2 N–H and O–H groups in total. The molecule has 0 atom stereocenters. The Morgan fingerprint density at radius 1 is 0.935 bits per heavy atom. The summed E-state index contributed by atoms with van der Waals surface area (Å²) in [6.07, 6.45) is 3.34. The van der Waals surface area contributed by atoms with Crippen LogP contribution >= 0.6 is 0 Å². The maximum atomic E-state index is 12.1. The van der Waals surface area contributed by atoms with E-state index in [1.807, 2.05) is 24.3 Å². The molecule has 0 aromatic heterocycles. The van der Waals surface area contributed by atoms with E-state index in [4.69, 9.17) is 9.47 Å². The van der Waals surface area contributed by atoms with Crippen LogP contribution in [0.15, 0.2) is 54.6 Å². The van der Waals surface area contributed by atoms with Gasteiger partial charge in [0, 0.05) is 50.9 Å². The molecule has 0 spiro atoms. The van der Waals surface area contributed by atoms with Gasteiger partial charge in [0.05, 0.1) is 0 Å². The Morgan fingerprint density at radius 3 is 2.52 bits per heavy atom. The molecule has 0 unspecified atom stereocenters. The lowest BCUT2D eigenvalue weighted by Crippen LogP contribution is -2.48. The fourth-order valence-electron chi connectivity index (χ4n) is 3.55. The van der Waals surface area contributed by atoms with Crippen molar-refractivity contribution in [3.8, 4) is 11.5 Å². The second-order valence-corrected chi connectivity index (χ2v) is 7.40. The summed E-state index contributed by atoms with van der Waals surface area (Å²) in [5.74, 6) is 0.730. The highest BCUT2D eigenvalue weighted by Crippen LogP contribution is 2.32. The van der Waals surface area contributed by atoms with Gasteiger partial charge in [-0.3, -0.25) is 25.3 Å². The summed E-state index contributed by atoms with van der Waals surface area (Å²) < 4.78 is 10.6. The van der Waals surface area contributed by atoms with Gasteiger partial charge in [0.1, 0.15) is 0 Å². The Kier molecular flexibility index (Phi) is 6.68. The van der Waals surface area contributed by atoms with Crippen LogP contribution < -0.4 is 25.2 Å². The number of fused-ring (bicyclic) bond motifs is 1. The molecule has 0 aliphatic carbocycles. The third kappa shape index (κ3) is 5.76. The molecule has 2 aromatic rings. The Labute approximate surface area is 181 Å². The predicted molar refractivity (Wildman–Crippen MR) is 118 cm³/mol. The van der Waals surface area contributed by atoms with Crippen LogP contribution in [0.25, 0.3) is 6.08 Å². The fraction of sp³-hybridized carbons (Fsp3) is 0.304. The topological polar surface area (TPSA) is 83.1 Å². The summed E-state index contributed by atoms with van der Waals surface area (Å²) in [6, 6.07) is 15.8. The Balaban J connectivity index is 1.13. The number of piperazine rings is 1. The molecule has 8 nitrogen and oxygen atoms in total. The fourth-order valence-corrected chi connectivity index (χ4v) is 3.55. The lowest BCUT2D eigenvalue weighted by molar-refractivity contribution is -0.127. The second-order valence-electron chi connectivity index (χ2n) is 7.40. The minimum absolute atomic E-state index is 0.206. The van der Waals surface area contributed by atoms with Gasteiger partial charge in [-0.25, -0.2) is 0 Å². The Hall–Kier alpha value is -3.52. The quantitative estimate of drug-likeness (QED) is 0.546.